The van der Waals surface area contributed by atoms with E-state index in [1.807, 2.05) is 118 Å². The van der Waals surface area contributed by atoms with Crippen molar-refractivity contribution in [3.8, 4) is 0 Å². The molecule has 143 heavy (non-hydrogen) atoms. The van der Waals surface area contributed by atoms with Crippen LogP contribution < -0.4 is 0 Å². The maximum absolute atomic E-state index is 5.45. The van der Waals surface area contributed by atoms with Gasteiger partial charge in [0, 0.05) is 140 Å². The number of benzene rings is 2. The summed E-state index contributed by atoms with van der Waals surface area (Å²) in [6.45, 7) is 108. The summed E-state index contributed by atoms with van der Waals surface area (Å²) in [5.41, 5.74) is 22.6. The van der Waals surface area contributed by atoms with Crippen LogP contribution in [0, 0.1) is 58.3 Å². The van der Waals surface area contributed by atoms with Gasteiger partial charge in [-0.1, -0.05) is 334 Å². The van der Waals surface area contributed by atoms with E-state index in [0.29, 0.717) is 21.8 Å². The normalized spacial score (nSPS) is 13.9. The number of hydrogen-bond donors (Lipinski definition) is 0. The lowest BCUT2D eigenvalue weighted by Crippen LogP contribution is -2.38. The van der Waals surface area contributed by atoms with Gasteiger partial charge in [-0.3, -0.25) is 39.5 Å². The van der Waals surface area contributed by atoms with E-state index in [1.54, 1.807) is 24.3 Å². The molecule has 0 spiro atoms. The number of likely N-dealkylation sites (tertiary alicyclic amines) is 1. The van der Waals surface area contributed by atoms with E-state index in [-0.39, 0.29) is 54.3 Å². The Balaban J connectivity index is 0.000000521. The quantitative estimate of drug-likeness (QED) is 0.157. The number of furan rings is 3. The molecule has 0 amide bonds. The molecule has 15 rings (SSSR count). The van der Waals surface area contributed by atoms with Crippen LogP contribution in [0.3, 0.4) is 0 Å². The zero-order chi connectivity index (χ0) is 110. The van der Waals surface area contributed by atoms with Crippen molar-refractivity contribution in [2.75, 3.05) is 19.6 Å². The molecule has 792 valence electrons. The second kappa shape index (κ2) is 56.5. The molecule has 13 nitrogen and oxygen atoms in total. The SMILES string of the molecule is CC(C)(C)C1=C(C2CC2)CN=C1.CC(C)(C)C1=CCC=N1.CC(C)(C)N1CCCC1.CC(C)(C)c1ccccc1.CC(C)(C)c1ccccc1.CC(C)(C)c1ccccn1.CC(C)(C)c1ccco1.CC(C)(C)c1cncc(Br)c1.CC(C)(C)n1cccc1.Cc1c(C(C)(C)C)cnn1C.Cc1ccc(C(C)(C)C)c(C)n1.Cc1ccc(C(C)(C)C)cn1.Cc1ccc(C(C)(C)C)o1.Cc1ccoc1C(C)(C)C. The van der Waals surface area contributed by atoms with Crippen molar-refractivity contribution in [1.29, 1.82) is 0 Å². The summed E-state index contributed by atoms with van der Waals surface area (Å²) in [7, 11) is 1.98. The van der Waals surface area contributed by atoms with Gasteiger partial charge in [-0.25, -0.2) is 0 Å². The second-order valence-electron chi connectivity index (χ2n) is 52.6. The first-order chi connectivity index (χ1) is 65.2. The molecule has 1 saturated heterocycles. The van der Waals surface area contributed by atoms with Gasteiger partial charge in [0.2, 0.25) is 0 Å². The summed E-state index contributed by atoms with van der Waals surface area (Å²) in [6.07, 6.45) is 29.9. The van der Waals surface area contributed by atoms with E-state index in [9.17, 15) is 0 Å². The summed E-state index contributed by atoms with van der Waals surface area (Å²) in [4.78, 5) is 28.2. The number of aryl methyl sites for hydroxylation is 6. The van der Waals surface area contributed by atoms with Gasteiger partial charge in [0.1, 0.15) is 23.0 Å². The van der Waals surface area contributed by atoms with Crippen LogP contribution in [0.25, 0.3) is 0 Å². The third kappa shape index (κ3) is 52.0. The van der Waals surface area contributed by atoms with Gasteiger partial charge in [-0.15, -0.1) is 0 Å². The maximum atomic E-state index is 5.45. The monoisotopic (exact) mass is 2020 g/mol. The maximum Gasteiger partial charge on any atom is 0.111 e. The number of rotatable bonds is 1. The molecule has 11 aromatic rings. The van der Waals surface area contributed by atoms with E-state index in [1.165, 1.54) is 94.7 Å². The number of aliphatic imine (C=N–C) groups is 2. The van der Waals surface area contributed by atoms with Crippen LogP contribution in [0.15, 0.2) is 258 Å². The average Bonchev–Trinajstić information content (AvgIpc) is 1.64. The van der Waals surface area contributed by atoms with Crippen LogP contribution >= 0.6 is 15.9 Å². The summed E-state index contributed by atoms with van der Waals surface area (Å²) >= 11 is 3.39. The fourth-order valence-electron chi connectivity index (χ4n) is 14.7. The molecule has 12 heterocycles. The Bertz CT molecular complexity index is 5310. The summed E-state index contributed by atoms with van der Waals surface area (Å²) in [6, 6.07) is 51.7. The van der Waals surface area contributed by atoms with Gasteiger partial charge in [0.15, 0.2) is 0 Å². The molecule has 0 unspecified atom stereocenters. The molecule has 9 aromatic heterocycles. The number of halogens is 1. The minimum Gasteiger partial charge on any atom is -0.469 e. The van der Waals surface area contributed by atoms with Crippen LogP contribution in [0.5, 0.6) is 0 Å². The van der Waals surface area contributed by atoms with Crippen LogP contribution in [0.2, 0.25) is 0 Å². The average molecular weight is 2020 g/mol. The molecule has 0 N–H and O–H groups in total. The molecular formula is C129H201BrN10O3. The number of nitrogens with zero attached hydrogens (tertiary/aromatic N) is 10. The first kappa shape index (κ1) is 130. The van der Waals surface area contributed by atoms with Crippen molar-refractivity contribution >= 4 is 28.4 Å². The van der Waals surface area contributed by atoms with Crippen LogP contribution in [0.4, 0.5) is 0 Å². The van der Waals surface area contributed by atoms with Crippen molar-refractivity contribution < 1.29 is 13.3 Å². The highest BCUT2D eigenvalue weighted by atomic mass is 79.9. The predicted molar refractivity (Wildman–Crippen MR) is 625 cm³/mol. The largest absolute Gasteiger partial charge is 0.469 e. The Morgan fingerprint density at radius 1 is 0.399 bits per heavy atom. The van der Waals surface area contributed by atoms with E-state index < -0.39 is 0 Å². The van der Waals surface area contributed by atoms with Gasteiger partial charge >= 0.3 is 0 Å². The molecule has 14 heteroatoms. The van der Waals surface area contributed by atoms with Crippen molar-refractivity contribution in [2.24, 2.45) is 33.8 Å². The van der Waals surface area contributed by atoms with E-state index >= 15 is 0 Å². The first-order valence-electron chi connectivity index (χ1n) is 52.2. The summed E-state index contributed by atoms with van der Waals surface area (Å²) in [5, 5.41) is 4.20. The lowest BCUT2D eigenvalue weighted by Gasteiger charge is -2.31. The lowest BCUT2D eigenvalue weighted by molar-refractivity contribution is 0.175. The van der Waals surface area contributed by atoms with E-state index in [4.69, 9.17) is 13.3 Å². The van der Waals surface area contributed by atoms with Gasteiger partial charge in [0.25, 0.3) is 0 Å². The first-order valence-corrected chi connectivity index (χ1v) is 53.0. The standard InChI is InChI=1S/2C11H17N.C10H15N.2C10H14.C9H12BrN.C9H16N2.C9H13N.2C9H14O.C8H17N.2C8H13N.C8H12O/c1-11(2,3)10-7-12-6-9(10)8-4-5-8;1-8-6-7-10(9(2)12-8)11(3,4)5;1-8-5-6-9(7-11-8)10(2,3)4;2*1-10(2,3)9-7-5-4-6-8-9;1-9(2,3)7-4-8(10)6-11-5-7;1-7-8(9(2,3)4)6-10-11(7)5;1-9(2,3)8-6-4-5-7-10-8;1-7-5-6-10-8(7)9(2,3)4;1-7-5-6-8(10-7)9(2,3)4;2*1-8(2,3)9-6-4-5-7-9;2*1-8(2,3)7-5-4-6-9-7/h7-8H,4-6H2,1-3H3;6-7H,1-5H3;5-7H,1-4H3;2*4-8H,1-3H3;4-6H,1-3H3;6H,1-5H3;4-7H,1-3H3;2*5-6H,1-4H3;4-7H2,1-3H3;4-7H,1-3H3;5-6H,4H2,1-3H3;4-6H,1-3H3. The molecule has 4 aliphatic rings. The Hall–Kier alpha value is -9.37. The molecule has 3 aliphatic heterocycles. The highest BCUT2D eigenvalue weighted by molar-refractivity contribution is 9.10. The fourth-order valence-corrected chi connectivity index (χ4v) is 15.1. The van der Waals surface area contributed by atoms with E-state index in [0.717, 1.165) is 69.2 Å². The minimum atomic E-state index is 0.146. The highest BCUT2D eigenvalue weighted by Crippen LogP contribution is 2.44. The van der Waals surface area contributed by atoms with Gasteiger partial charge in [-0.05, 0) is 304 Å². The summed E-state index contributed by atoms with van der Waals surface area (Å²) < 4.78 is 21.1. The van der Waals surface area contributed by atoms with Crippen LogP contribution in [0.1, 0.15) is 413 Å². The van der Waals surface area contributed by atoms with Gasteiger partial charge < -0.3 is 17.8 Å². The van der Waals surface area contributed by atoms with Gasteiger partial charge in [0.05, 0.1) is 25.3 Å². The number of allylic oxidation sites excluding steroid dienone is 3. The molecule has 0 bridgehead atoms. The lowest BCUT2D eigenvalue weighted by atomic mass is 9.84. The highest BCUT2D eigenvalue weighted by Gasteiger charge is 2.34. The second-order valence-corrected chi connectivity index (χ2v) is 53.6. The smallest absolute Gasteiger partial charge is 0.111 e. The van der Waals surface area contributed by atoms with Crippen molar-refractivity contribution in [3.05, 3.63) is 325 Å². The molecule has 1 aliphatic carbocycles. The predicted octanol–water partition coefficient (Wildman–Crippen LogP) is 36.9. The fraction of sp³-hybridized carbons (Fsp3) is 0.558. The Kier molecular flexibility index (Phi) is 51.3. The molecule has 2 fully saturated rings. The molecular weight excluding hydrogens is 1820 g/mol. The number of aromatic nitrogens is 7. The van der Waals surface area contributed by atoms with E-state index in [2.05, 4.69) is 494 Å². The third-order valence-corrected chi connectivity index (χ3v) is 24.4. The zero-order valence-corrected chi connectivity index (χ0v) is 101. The minimum absolute atomic E-state index is 0.146. The van der Waals surface area contributed by atoms with Crippen molar-refractivity contribution in [3.63, 3.8) is 0 Å². The third-order valence-electron chi connectivity index (χ3n) is 24.0. The Morgan fingerprint density at radius 3 is 1.18 bits per heavy atom. The van der Waals surface area contributed by atoms with Crippen molar-refractivity contribution in [1.82, 2.24) is 39.2 Å². The molecule has 2 aromatic carbocycles. The van der Waals surface area contributed by atoms with Gasteiger partial charge in [-0.2, -0.15) is 5.10 Å². The van der Waals surface area contributed by atoms with Crippen LogP contribution in [-0.4, -0.2) is 76.8 Å². The van der Waals surface area contributed by atoms with Crippen molar-refractivity contribution in [2.45, 2.75) is 430 Å². The van der Waals surface area contributed by atoms with Crippen LogP contribution in [-0.2, 0) is 66.7 Å². The summed E-state index contributed by atoms with van der Waals surface area (Å²) in [5.74, 6) is 5.08. The topological polar surface area (TPSA) is 142 Å². The molecule has 1 saturated carbocycles. The number of pyridine rings is 4. The molecule has 0 atom stereocenters. The zero-order valence-electron chi connectivity index (χ0n) is 99.7. The Labute approximate surface area is 883 Å². The Morgan fingerprint density at radius 2 is 0.909 bits per heavy atom. The number of hydrogen-bond acceptors (Lipinski definition) is 11. The molecule has 0 radical (unpaired) electrons.